The second-order valence-corrected chi connectivity index (χ2v) is 7.99. The summed E-state index contributed by atoms with van der Waals surface area (Å²) in [6.07, 6.45) is 4.11. The number of carbonyl (C=O) groups is 2. The minimum absolute atomic E-state index is 0.102. The molecule has 1 heterocycles. The Balaban J connectivity index is 1.73. The highest BCUT2D eigenvalue weighted by molar-refractivity contribution is 7.94. The largest absolute Gasteiger partial charge is 0.455 e. The Bertz CT molecular complexity index is 752. The van der Waals surface area contributed by atoms with Crippen molar-refractivity contribution >= 4 is 27.4 Å². The molecule has 0 bridgehead atoms. The van der Waals surface area contributed by atoms with Crippen LogP contribution in [-0.4, -0.2) is 38.7 Å². The van der Waals surface area contributed by atoms with Crippen LogP contribution in [0.2, 0.25) is 0 Å². The molecule has 3 rings (SSSR count). The van der Waals surface area contributed by atoms with Crippen LogP contribution < -0.4 is 4.90 Å². The van der Waals surface area contributed by atoms with Gasteiger partial charge in [0, 0.05) is 11.1 Å². The third-order valence-electron chi connectivity index (χ3n) is 4.32. The topological polar surface area (TPSA) is 80.8 Å². The lowest BCUT2D eigenvalue weighted by Crippen LogP contribution is -2.43. The number of ether oxygens (including phenoxy) is 1. The summed E-state index contributed by atoms with van der Waals surface area (Å²) in [7, 11) is -3.30. The fourth-order valence-corrected chi connectivity index (χ4v) is 4.06. The van der Waals surface area contributed by atoms with Crippen LogP contribution in [0.25, 0.3) is 0 Å². The number of nitrogens with zero attached hydrogens (tertiary/aromatic N) is 1. The number of carbonyl (C=O) groups excluding carboxylic acids is 2. The van der Waals surface area contributed by atoms with Crippen LogP contribution in [0.1, 0.15) is 19.3 Å². The van der Waals surface area contributed by atoms with E-state index in [0.717, 1.165) is 24.7 Å². The lowest BCUT2D eigenvalue weighted by molar-refractivity contribution is -0.154. The molecule has 7 heteroatoms. The Morgan fingerprint density at radius 3 is 2.42 bits per heavy atom. The third kappa shape index (κ3) is 3.67. The van der Waals surface area contributed by atoms with E-state index >= 15 is 0 Å². The van der Waals surface area contributed by atoms with Crippen LogP contribution in [0.5, 0.6) is 0 Å². The zero-order valence-corrected chi connectivity index (χ0v) is 13.9. The van der Waals surface area contributed by atoms with Gasteiger partial charge in [-0.15, -0.1) is 0 Å². The van der Waals surface area contributed by atoms with E-state index in [1.165, 1.54) is 11.0 Å². The predicted molar refractivity (Wildman–Crippen MR) is 88.9 cm³/mol. The second kappa shape index (κ2) is 6.76. The van der Waals surface area contributed by atoms with Gasteiger partial charge >= 0.3 is 5.97 Å². The van der Waals surface area contributed by atoms with E-state index in [4.69, 9.17) is 4.74 Å². The van der Waals surface area contributed by atoms with E-state index in [9.17, 15) is 18.0 Å². The van der Waals surface area contributed by atoms with Crippen LogP contribution in [0.3, 0.4) is 0 Å². The molecule has 0 N–H and O–H groups in total. The van der Waals surface area contributed by atoms with Gasteiger partial charge < -0.3 is 9.64 Å². The summed E-state index contributed by atoms with van der Waals surface area (Å²) in [5, 5.41) is 1.13. The molecule has 1 unspecified atom stereocenters. The first kappa shape index (κ1) is 16.7. The summed E-state index contributed by atoms with van der Waals surface area (Å²) in [6.45, 7) is -0.380. The van der Waals surface area contributed by atoms with E-state index in [1.807, 2.05) is 6.07 Å². The molecule has 0 radical (unpaired) electrons. The number of sulfone groups is 1. The lowest BCUT2D eigenvalue weighted by Gasteiger charge is -2.28. The Morgan fingerprint density at radius 2 is 1.88 bits per heavy atom. The number of esters is 1. The van der Waals surface area contributed by atoms with Crippen molar-refractivity contribution in [3.63, 3.8) is 0 Å². The molecule has 1 saturated carbocycles. The van der Waals surface area contributed by atoms with Crippen molar-refractivity contribution in [2.45, 2.75) is 25.3 Å². The first-order chi connectivity index (χ1) is 11.5. The van der Waals surface area contributed by atoms with Gasteiger partial charge in [-0.2, -0.15) is 0 Å². The van der Waals surface area contributed by atoms with Crippen LogP contribution in [-0.2, 0) is 24.2 Å². The van der Waals surface area contributed by atoms with Crippen molar-refractivity contribution < 1.29 is 22.7 Å². The Morgan fingerprint density at radius 1 is 1.17 bits per heavy atom. The van der Waals surface area contributed by atoms with Gasteiger partial charge in [0.1, 0.15) is 0 Å². The highest BCUT2D eigenvalue weighted by Crippen LogP contribution is 2.28. The van der Waals surface area contributed by atoms with Gasteiger partial charge in [0.05, 0.1) is 17.7 Å². The molecule has 1 aliphatic carbocycles. The van der Waals surface area contributed by atoms with Gasteiger partial charge in [-0.05, 0) is 31.1 Å². The van der Waals surface area contributed by atoms with Crippen molar-refractivity contribution in [3.8, 4) is 0 Å². The molecule has 1 atom stereocenters. The van der Waals surface area contributed by atoms with Crippen molar-refractivity contribution in [1.82, 2.24) is 0 Å². The number of rotatable bonds is 5. The molecule has 1 aliphatic heterocycles. The SMILES string of the molecule is O=C(OCC(=O)N(c1ccccc1)C1C=CS(=O)(=O)C1)C1CCC1. The van der Waals surface area contributed by atoms with Crippen LogP contribution in [0.15, 0.2) is 41.8 Å². The van der Waals surface area contributed by atoms with E-state index < -0.39 is 21.8 Å². The Labute approximate surface area is 141 Å². The lowest BCUT2D eigenvalue weighted by atomic mass is 9.86. The fourth-order valence-electron chi connectivity index (χ4n) is 2.79. The maximum absolute atomic E-state index is 12.6. The molecule has 2 aliphatic rings. The monoisotopic (exact) mass is 349 g/mol. The van der Waals surface area contributed by atoms with Crippen LogP contribution in [0.4, 0.5) is 5.69 Å². The Kier molecular flexibility index (Phi) is 4.71. The molecule has 0 spiro atoms. The van der Waals surface area contributed by atoms with Crippen molar-refractivity contribution in [2.24, 2.45) is 5.92 Å². The smallest absolute Gasteiger partial charge is 0.309 e. The van der Waals surface area contributed by atoms with Crippen molar-refractivity contribution in [2.75, 3.05) is 17.3 Å². The van der Waals surface area contributed by atoms with E-state index in [2.05, 4.69) is 0 Å². The molecule has 0 saturated heterocycles. The first-order valence-corrected chi connectivity index (χ1v) is 9.62. The van der Waals surface area contributed by atoms with Crippen LogP contribution >= 0.6 is 0 Å². The molecule has 1 aromatic carbocycles. The summed E-state index contributed by atoms with van der Waals surface area (Å²) in [5.74, 6) is -1.04. The highest BCUT2D eigenvalue weighted by atomic mass is 32.2. The van der Waals surface area contributed by atoms with E-state index in [1.54, 1.807) is 24.3 Å². The van der Waals surface area contributed by atoms with E-state index in [-0.39, 0.29) is 24.2 Å². The molecular weight excluding hydrogens is 330 g/mol. The van der Waals surface area contributed by atoms with Gasteiger partial charge in [0.15, 0.2) is 16.4 Å². The number of anilines is 1. The zero-order chi connectivity index (χ0) is 17.2. The average Bonchev–Trinajstić information content (AvgIpc) is 2.84. The van der Waals surface area contributed by atoms with Crippen molar-refractivity contribution in [3.05, 3.63) is 41.8 Å². The summed E-state index contributed by atoms with van der Waals surface area (Å²) in [6, 6.07) is 8.21. The van der Waals surface area contributed by atoms with Gasteiger partial charge in [-0.3, -0.25) is 9.59 Å². The first-order valence-electron chi connectivity index (χ1n) is 7.91. The molecule has 0 aromatic heterocycles. The third-order valence-corrected chi connectivity index (χ3v) is 5.70. The number of para-hydroxylation sites is 1. The number of hydrogen-bond acceptors (Lipinski definition) is 5. The minimum atomic E-state index is -3.30. The number of hydrogen-bond donors (Lipinski definition) is 0. The fraction of sp³-hybridized carbons (Fsp3) is 0.412. The molecule has 1 aromatic rings. The normalized spacial score (nSPS) is 21.9. The van der Waals surface area contributed by atoms with Crippen LogP contribution in [0, 0.1) is 5.92 Å². The Hall–Kier alpha value is -2.15. The summed E-state index contributed by atoms with van der Waals surface area (Å²) in [5.41, 5.74) is 0.578. The molecule has 1 fully saturated rings. The van der Waals surface area contributed by atoms with Gasteiger partial charge in [0.2, 0.25) is 0 Å². The zero-order valence-electron chi connectivity index (χ0n) is 13.1. The predicted octanol–water partition coefficient (Wildman–Crippen LogP) is 1.67. The summed E-state index contributed by atoms with van der Waals surface area (Å²) >= 11 is 0. The maximum Gasteiger partial charge on any atom is 0.309 e. The summed E-state index contributed by atoms with van der Waals surface area (Å²) in [4.78, 5) is 25.8. The van der Waals surface area contributed by atoms with Gasteiger partial charge in [-0.1, -0.05) is 24.6 Å². The summed E-state index contributed by atoms with van der Waals surface area (Å²) < 4.78 is 28.5. The van der Waals surface area contributed by atoms with E-state index in [0.29, 0.717) is 5.69 Å². The van der Waals surface area contributed by atoms with Gasteiger partial charge in [-0.25, -0.2) is 8.42 Å². The number of benzene rings is 1. The molecular formula is C17H19NO5S. The average molecular weight is 349 g/mol. The molecule has 6 nitrogen and oxygen atoms in total. The quantitative estimate of drug-likeness (QED) is 0.756. The minimum Gasteiger partial charge on any atom is -0.455 e. The maximum atomic E-state index is 12.6. The second-order valence-electron chi connectivity index (χ2n) is 6.06. The van der Waals surface area contributed by atoms with Crippen molar-refractivity contribution in [1.29, 1.82) is 0 Å². The van der Waals surface area contributed by atoms with Gasteiger partial charge in [0.25, 0.3) is 5.91 Å². The highest BCUT2D eigenvalue weighted by Gasteiger charge is 2.33. The standard InChI is InChI=1S/C17H19NO5S/c19-16(11-23-17(20)13-5-4-6-13)18(14-7-2-1-3-8-14)15-9-10-24(21,22)12-15/h1-3,7-10,13,15H,4-6,11-12H2. The molecule has 1 amide bonds. The molecule has 128 valence electrons. The molecule has 24 heavy (non-hydrogen) atoms. The number of amides is 1.